The Morgan fingerprint density at radius 3 is 2.62 bits per heavy atom. The van der Waals surface area contributed by atoms with Gasteiger partial charge >= 0.3 is 0 Å². The minimum absolute atomic E-state index is 0.123. The number of anilines is 3. The van der Waals surface area contributed by atoms with Gasteiger partial charge < -0.3 is 25.8 Å². The van der Waals surface area contributed by atoms with Gasteiger partial charge in [0.1, 0.15) is 0 Å². The molecule has 2 aromatic rings. The van der Waals surface area contributed by atoms with Crippen LogP contribution < -0.4 is 16.0 Å². The molecule has 2 aromatic carbocycles. The first-order valence-corrected chi connectivity index (χ1v) is 10.1. The zero-order chi connectivity index (χ0) is 20.2. The number of fused-ring (bicyclic) bond motifs is 2. The summed E-state index contributed by atoms with van der Waals surface area (Å²) in [4.78, 5) is 29.8. The topological polar surface area (TPSA) is 76.7 Å². The average Bonchev–Trinajstić information content (AvgIpc) is 2.87. The van der Waals surface area contributed by atoms with Crippen molar-refractivity contribution in [2.75, 3.05) is 56.9 Å². The highest BCUT2D eigenvalue weighted by Gasteiger charge is 2.19. The lowest BCUT2D eigenvalue weighted by molar-refractivity contribution is 0.0948. The van der Waals surface area contributed by atoms with Crippen molar-refractivity contribution in [1.29, 1.82) is 0 Å². The first-order valence-electron chi connectivity index (χ1n) is 10.1. The molecule has 1 saturated heterocycles. The summed E-state index contributed by atoms with van der Waals surface area (Å²) in [6.45, 7) is 6.01. The molecule has 7 heteroatoms. The van der Waals surface area contributed by atoms with Gasteiger partial charge in [-0.25, -0.2) is 0 Å². The minimum atomic E-state index is -0.184. The van der Waals surface area contributed by atoms with Crippen LogP contribution in [0.2, 0.25) is 0 Å². The Hall–Kier alpha value is -2.90. The Balaban J connectivity index is 1.33. The molecule has 0 saturated carbocycles. The fraction of sp³-hybridized carbons (Fsp3) is 0.364. The summed E-state index contributed by atoms with van der Waals surface area (Å²) in [6.07, 6.45) is 0.925. The maximum atomic E-state index is 12.5. The second kappa shape index (κ2) is 8.63. The molecule has 0 aromatic heterocycles. The molecule has 3 N–H and O–H groups in total. The molecule has 1 fully saturated rings. The number of rotatable bonds is 5. The first-order chi connectivity index (χ1) is 14.1. The summed E-state index contributed by atoms with van der Waals surface area (Å²) in [5, 5.41) is 9.15. The van der Waals surface area contributed by atoms with Crippen LogP contribution in [0.15, 0.2) is 42.5 Å². The van der Waals surface area contributed by atoms with Crippen molar-refractivity contribution in [3.63, 3.8) is 0 Å². The fourth-order valence-corrected chi connectivity index (χ4v) is 3.70. The number of carbonyl (C=O) groups excluding carboxylic acids is 2. The summed E-state index contributed by atoms with van der Waals surface area (Å²) in [7, 11) is 2.15. The number of nitrogens with one attached hydrogen (secondary N) is 3. The van der Waals surface area contributed by atoms with E-state index >= 15 is 0 Å². The molecule has 29 heavy (non-hydrogen) atoms. The Bertz CT molecular complexity index is 906. The van der Waals surface area contributed by atoms with Gasteiger partial charge in [-0.1, -0.05) is 12.1 Å². The van der Waals surface area contributed by atoms with Crippen LogP contribution >= 0.6 is 0 Å². The quantitative estimate of drug-likeness (QED) is 0.680. The highest BCUT2D eigenvalue weighted by atomic mass is 16.2. The standard InChI is InChI=1S/C22H27N5O2/c1-26-11-13-27(14-12-26)10-4-9-23-21(28)16-7-8-19-20(15-16)25-22(29)17-5-2-3-6-18(17)24-19/h2-3,5-8,15,24H,4,9-14H2,1H3,(H,23,28)(H,25,29). The van der Waals surface area contributed by atoms with Gasteiger partial charge in [0.25, 0.3) is 11.8 Å². The zero-order valence-corrected chi connectivity index (χ0v) is 16.7. The third-order valence-electron chi connectivity index (χ3n) is 5.50. The summed E-state index contributed by atoms with van der Waals surface area (Å²) < 4.78 is 0. The predicted octanol–water partition coefficient (Wildman–Crippen LogP) is 2.36. The van der Waals surface area contributed by atoms with Crippen LogP contribution in [0.5, 0.6) is 0 Å². The van der Waals surface area contributed by atoms with Crippen molar-refractivity contribution >= 4 is 28.9 Å². The molecular weight excluding hydrogens is 366 g/mol. The number of amides is 2. The highest BCUT2D eigenvalue weighted by molar-refractivity contribution is 6.12. The molecule has 7 nitrogen and oxygen atoms in total. The van der Waals surface area contributed by atoms with Crippen LogP contribution in [0.3, 0.4) is 0 Å². The van der Waals surface area contributed by atoms with E-state index in [0.717, 1.165) is 50.5 Å². The number of carbonyl (C=O) groups is 2. The van der Waals surface area contributed by atoms with Crippen molar-refractivity contribution in [3.8, 4) is 0 Å². The van der Waals surface area contributed by atoms with E-state index in [2.05, 4.69) is 32.8 Å². The number of benzene rings is 2. The first kappa shape index (κ1) is 19.4. The summed E-state index contributed by atoms with van der Waals surface area (Å²) >= 11 is 0. The SMILES string of the molecule is CN1CCN(CCCNC(=O)c2ccc3c(c2)NC(=O)c2ccccc2N3)CC1. The number of piperazine rings is 1. The number of nitrogens with zero attached hydrogens (tertiary/aromatic N) is 2. The third kappa shape index (κ3) is 4.58. The highest BCUT2D eigenvalue weighted by Crippen LogP contribution is 2.32. The number of para-hydroxylation sites is 1. The molecule has 0 aliphatic carbocycles. The molecule has 0 radical (unpaired) electrons. The second-order valence-corrected chi connectivity index (χ2v) is 7.64. The smallest absolute Gasteiger partial charge is 0.257 e. The molecule has 2 aliphatic heterocycles. The van der Waals surface area contributed by atoms with E-state index in [0.29, 0.717) is 23.4 Å². The van der Waals surface area contributed by atoms with E-state index in [4.69, 9.17) is 0 Å². The zero-order valence-electron chi connectivity index (χ0n) is 16.7. The maximum Gasteiger partial charge on any atom is 0.257 e. The van der Waals surface area contributed by atoms with E-state index in [9.17, 15) is 9.59 Å². The van der Waals surface area contributed by atoms with Crippen LogP contribution in [-0.4, -0.2) is 67.9 Å². The molecule has 152 valence electrons. The molecule has 0 bridgehead atoms. The van der Waals surface area contributed by atoms with E-state index in [1.54, 1.807) is 18.2 Å². The van der Waals surface area contributed by atoms with Gasteiger partial charge in [-0.15, -0.1) is 0 Å². The number of likely N-dealkylation sites (N-methyl/N-ethyl adjacent to an activating group) is 1. The molecule has 2 amide bonds. The van der Waals surface area contributed by atoms with Gasteiger partial charge in [0, 0.05) is 38.3 Å². The van der Waals surface area contributed by atoms with Crippen LogP contribution in [0.25, 0.3) is 0 Å². The molecule has 2 heterocycles. The van der Waals surface area contributed by atoms with Gasteiger partial charge in [-0.05, 0) is 50.3 Å². The Kier molecular flexibility index (Phi) is 5.78. The van der Waals surface area contributed by atoms with Gasteiger partial charge in [0.15, 0.2) is 0 Å². The minimum Gasteiger partial charge on any atom is -0.353 e. The lowest BCUT2D eigenvalue weighted by atomic mass is 10.1. The fourth-order valence-electron chi connectivity index (χ4n) is 3.70. The lowest BCUT2D eigenvalue weighted by Crippen LogP contribution is -2.45. The van der Waals surface area contributed by atoms with Gasteiger partial charge in [-0.2, -0.15) is 0 Å². The molecule has 0 atom stereocenters. The normalized spacial score (nSPS) is 16.8. The van der Waals surface area contributed by atoms with Crippen molar-refractivity contribution in [3.05, 3.63) is 53.6 Å². The molecule has 4 rings (SSSR count). The largest absolute Gasteiger partial charge is 0.353 e. The van der Waals surface area contributed by atoms with Gasteiger partial charge in [-0.3, -0.25) is 9.59 Å². The van der Waals surface area contributed by atoms with Crippen molar-refractivity contribution in [2.45, 2.75) is 6.42 Å². The molecule has 2 aliphatic rings. The van der Waals surface area contributed by atoms with Crippen LogP contribution in [-0.2, 0) is 0 Å². The lowest BCUT2D eigenvalue weighted by Gasteiger charge is -2.32. The molecular formula is C22H27N5O2. The Morgan fingerprint density at radius 2 is 1.79 bits per heavy atom. The van der Waals surface area contributed by atoms with Crippen LogP contribution in [0.1, 0.15) is 27.1 Å². The van der Waals surface area contributed by atoms with Crippen LogP contribution in [0.4, 0.5) is 17.1 Å². The predicted molar refractivity (Wildman–Crippen MR) is 115 cm³/mol. The summed E-state index contributed by atoms with van der Waals surface area (Å²) in [6, 6.07) is 12.7. The summed E-state index contributed by atoms with van der Waals surface area (Å²) in [5.74, 6) is -0.307. The maximum absolute atomic E-state index is 12.5. The third-order valence-corrected chi connectivity index (χ3v) is 5.50. The van der Waals surface area contributed by atoms with E-state index < -0.39 is 0 Å². The molecule has 0 spiro atoms. The van der Waals surface area contributed by atoms with Crippen LogP contribution in [0, 0.1) is 0 Å². The van der Waals surface area contributed by atoms with Crippen molar-refractivity contribution in [2.24, 2.45) is 0 Å². The number of hydrogen-bond donors (Lipinski definition) is 3. The average molecular weight is 393 g/mol. The monoisotopic (exact) mass is 393 g/mol. The Labute approximate surface area is 171 Å². The van der Waals surface area contributed by atoms with E-state index in [1.165, 1.54) is 0 Å². The van der Waals surface area contributed by atoms with E-state index in [-0.39, 0.29) is 11.8 Å². The van der Waals surface area contributed by atoms with Gasteiger partial charge in [0.05, 0.1) is 22.6 Å². The van der Waals surface area contributed by atoms with Gasteiger partial charge in [0.2, 0.25) is 0 Å². The Morgan fingerprint density at radius 1 is 1.00 bits per heavy atom. The molecule has 0 unspecified atom stereocenters. The second-order valence-electron chi connectivity index (χ2n) is 7.64. The summed E-state index contributed by atoms with van der Waals surface area (Å²) in [5.41, 5.74) is 3.26. The van der Waals surface area contributed by atoms with E-state index in [1.807, 2.05) is 24.3 Å². The number of hydrogen-bond acceptors (Lipinski definition) is 5. The van der Waals surface area contributed by atoms with Crippen molar-refractivity contribution in [1.82, 2.24) is 15.1 Å². The van der Waals surface area contributed by atoms with Crippen molar-refractivity contribution < 1.29 is 9.59 Å².